The van der Waals surface area contributed by atoms with Crippen molar-refractivity contribution in [1.29, 1.82) is 0 Å². The fourth-order valence-corrected chi connectivity index (χ4v) is 2.44. The zero-order valence-corrected chi connectivity index (χ0v) is 10.4. The van der Waals surface area contributed by atoms with Crippen molar-refractivity contribution in [2.45, 2.75) is 44.4 Å². The van der Waals surface area contributed by atoms with E-state index in [1.165, 1.54) is 6.42 Å². The average Bonchev–Trinajstić information content (AvgIpc) is 2.38. The van der Waals surface area contributed by atoms with Crippen molar-refractivity contribution in [2.75, 3.05) is 7.11 Å². The standard InChI is InChI=1S/C13H20N2O2/c1-9-4-3-5-11(15-9)13(16)10-8-14-7-6-12(10)17-2/h6-9,11,13,15-16H,3-5H2,1-2H3/t9-,11+,13?/m1/s1. The highest BCUT2D eigenvalue weighted by atomic mass is 16.5. The van der Waals surface area contributed by atoms with E-state index in [4.69, 9.17) is 4.74 Å². The molecule has 0 amide bonds. The quantitative estimate of drug-likeness (QED) is 0.838. The Morgan fingerprint density at radius 1 is 1.53 bits per heavy atom. The SMILES string of the molecule is COc1ccncc1C(O)[C@@H]1CCC[C@@H](C)N1. The minimum absolute atomic E-state index is 0.0943. The van der Waals surface area contributed by atoms with Gasteiger partial charge in [-0.05, 0) is 25.8 Å². The molecule has 1 saturated heterocycles. The third kappa shape index (κ3) is 2.76. The van der Waals surface area contributed by atoms with E-state index in [1.54, 1.807) is 25.6 Å². The molecule has 0 bridgehead atoms. The summed E-state index contributed by atoms with van der Waals surface area (Å²) in [7, 11) is 1.61. The number of piperidine rings is 1. The van der Waals surface area contributed by atoms with Gasteiger partial charge in [-0.1, -0.05) is 6.42 Å². The summed E-state index contributed by atoms with van der Waals surface area (Å²) in [6.45, 7) is 2.15. The molecule has 0 aromatic carbocycles. The van der Waals surface area contributed by atoms with Crippen LogP contribution in [0.5, 0.6) is 5.75 Å². The van der Waals surface area contributed by atoms with E-state index in [-0.39, 0.29) is 6.04 Å². The second-order valence-corrected chi connectivity index (χ2v) is 4.67. The van der Waals surface area contributed by atoms with Crippen LogP contribution in [-0.4, -0.2) is 29.3 Å². The zero-order chi connectivity index (χ0) is 12.3. The summed E-state index contributed by atoms with van der Waals surface area (Å²) in [5.74, 6) is 0.701. The maximum Gasteiger partial charge on any atom is 0.127 e. The molecule has 2 rings (SSSR count). The largest absolute Gasteiger partial charge is 0.496 e. The van der Waals surface area contributed by atoms with Crippen LogP contribution in [0.3, 0.4) is 0 Å². The third-order valence-corrected chi connectivity index (χ3v) is 3.38. The fraction of sp³-hybridized carbons (Fsp3) is 0.615. The van der Waals surface area contributed by atoms with Crippen molar-refractivity contribution in [2.24, 2.45) is 0 Å². The Morgan fingerprint density at radius 3 is 3.06 bits per heavy atom. The molecule has 0 aliphatic carbocycles. The first-order valence-corrected chi connectivity index (χ1v) is 6.14. The monoisotopic (exact) mass is 236 g/mol. The number of nitrogens with one attached hydrogen (secondary N) is 1. The number of nitrogens with zero attached hydrogens (tertiary/aromatic N) is 1. The first-order valence-electron chi connectivity index (χ1n) is 6.14. The number of ether oxygens (including phenoxy) is 1. The number of hydrogen-bond donors (Lipinski definition) is 2. The number of methoxy groups -OCH3 is 1. The van der Waals surface area contributed by atoms with Gasteiger partial charge in [-0.3, -0.25) is 4.98 Å². The maximum absolute atomic E-state index is 10.4. The van der Waals surface area contributed by atoms with Crippen LogP contribution in [0.2, 0.25) is 0 Å². The Morgan fingerprint density at radius 2 is 2.35 bits per heavy atom. The van der Waals surface area contributed by atoms with E-state index in [9.17, 15) is 5.11 Å². The van der Waals surface area contributed by atoms with Gasteiger partial charge >= 0.3 is 0 Å². The average molecular weight is 236 g/mol. The minimum Gasteiger partial charge on any atom is -0.496 e. The highest BCUT2D eigenvalue weighted by Crippen LogP contribution is 2.29. The lowest BCUT2D eigenvalue weighted by Gasteiger charge is -2.32. The van der Waals surface area contributed by atoms with E-state index < -0.39 is 6.10 Å². The number of aromatic nitrogens is 1. The molecule has 0 radical (unpaired) electrons. The molecule has 1 aromatic rings. The van der Waals surface area contributed by atoms with Crippen LogP contribution >= 0.6 is 0 Å². The van der Waals surface area contributed by atoms with Gasteiger partial charge in [0.25, 0.3) is 0 Å². The summed E-state index contributed by atoms with van der Waals surface area (Å²) in [5, 5.41) is 13.8. The lowest BCUT2D eigenvalue weighted by molar-refractivity contribution is 0.101. The lowest BCUT2D eigenvalue weighted by atomic mass is 9.92. The summed E-state index contributed by atoms with van der Waals surface area (Å²) in [6.07, 6.45) is 6.12. The lowest BCUT2D eigenvalue weighted by Crippen LogP contribution is -2.44. The van der Waals surface area contributed by atoms with E-state index in [0.717, 1.165) is 18.4 Å². The van der Waals surface area contributed by atoms with Crippen LogP contribution in [0.25, 0.3) is 0 Å². The molecule has 94 valence electrons. The van der Waals surface area contributed by atoms with E-state index in [0.29, 0.717) is 11.8 Å². The molecule has 2 heterocycles. The molecular formula is C13H20N2O2. The first kappa shape index (κ1) is 12.3. The molecule has 1 aliphatic heterocycles. The Balaban J connectivity index is 2.15. The fourth-order valence-electron chi connectivity index (χ4n) is 2.44. The van der Waals surface area contributed by atoms with Crippen LogP contribution in [0, 0.1) is 0 Å². The van der Waals surface area contributed by atoms with Crippen LogP contribution < -0.4 is 10.1 Å². The van der Waals surface area contributed by atoms with Crippen molar-refractivity contribution >= 4 is 0 Å². The van der Waals surface area contributed by atoms with Crippen molar-refractivity contribution in [1.82, 2.24) is 10.3 Å². The van der Waals surface area contributed by atoms with Gasteiger partial charge in [-0.25, -0.2) is 0 Å². The van der Waals surface area contributed by atoms with Gasteiger partial charge < -0.3 is 15.2 Å². The van der Waals surface area contributed by atoms with Crippen molar-refractivity contribution < 1.29 is 9.84 Å². The zero-order valence-electron chi connectivity index (χ0n) is 10.4. The van der Waals surface area contributed by atoms with Gasteiger partial charge in [0, 0.05) is 30.0 Å². The molecule has 1 aromatic heterocycles. The molecule has 1 unspecified atom stereocenters. The molecule has 0 saturated carbocycles. The number of aliphatic hydroxyl groups is 1. The van der Waals surface area contributed by atoms with Crippen molar-refractivity contribution in [3.05, 3.63) is 24.0 Å². The highest BCUT2D eigenvalue weighted by molar-refractivity contribution is 5.32. The highest BCUT2D eigenvalue weighted by Gasteiger charge is 2.27. The third-order valence-electron chi connectivity index (χ3n) is 3.38. The molecular weight excluding hydrogens is 216 g/mol. The second-order valence-electron chi connectivity index (χ2n) is 4.67. The Labute approximate surface area is 102 Å². The number of rotatable bonds is 3. The predicted molar refractivity (Wildman–Crippen MR) is 66.0 cm³/mol. The molecule has 4 nitrogen and oxygen atoms in total. The number of aliphatic hydroxyl groups excluding tert-OH is 1. The maximum atomic E-state index is 10.4. The van der Waals surface area contributed by atoms with E-state index in [2.05, 4.69) is 17.2 Å². The predicted octanol–water partition coefficient (Wildman–Crippen LogP) is 1.65. The molecule has 17 heavy (non-hydrogen) atoms. The molecule has 1 aliphatic rings. The first-order chi connectivity index (χ1) is 8.22. The Hall–Kier alpha value is -1.13. The van der Waals surface area contributed by atoms with E-state index >= 15 is 0 Å². The molecule has 1 fully saturated rings. The van der Waals surface area contributed by atoms with Crippen LogP contribution in [0.15, 0.2) is 18.5 Å². The summed E-state index contributed by atoms with van der Waals surface area (Å²) >= 11 is 0. The van der Waals surface area contributed by atoms with Crippen LogP contribution in [0.1, 0.15) is 37.9 Å². The van der Waals surface area contributed by atoms with Crippen LogP contribution in [0.4, 0.5) is 0 Å². The number of hydrogen-bond acceptors (Lipinski definition) is 4. The van der Waals surface area contributed by atoms with Gasteiger partial charge in [0.2, 0.25) is 0 Å². The van der Waals surface area contributed by atoms with E-state index in [1.807, 2.05) is 0 Å². The van der Waals surface area contributed by atoms with Gasteiger partial charge in [-0.2, -0.15) is 0 Å². The summed E-state index contributed by atoms with van der Waals surface area (Å²) < 4.78 is 5.26. The van der Waals surface area contributed by atoms with Crippen molar-refractivity contribution in [3.63, 3.8) is 0 Å². The van der Waals surface area contributed by atoms with Gasteiger partial charge in [-0.15, -0.1) is 0 Å². The van der Waals surface area contributed by atoms with Gasteiger partial charge in [0.1, 0.15) is 5.75 Å². The Kier molecular flexibility index (Phi) is 3.97. The summed E-state index contributed by atoms with van der Waals surface area (Å²) in [4.78, 5) is 4.06. The minimum atomic E-state index is -0.554. The Bertz CT molecular complexity index is 370. The molecule has 3 atom stereocenters. The smallest absolute Gasteiger partial charge is 0.127 e. The molecule has 4 heteroatoms. The van der Waals surface area contributed by atoms with Gasteiger partial charge in [0.15, 0.2) is 0 Å². The topological polar surface area (TPSA) is 54.4 Å². The molecule has 2 N–H and O–H groups in total. The van der Waals surface area contributed by atoms with Crippen molar-refractivity contribution in [3.8, 4) is 5.75 Å². The van der Waals surface area contributed by atoms with Gasteiger partial charge in [0.05, 0.1) is 13.2 Å². The van der Waals surface area contributed by atoms with Crippen LogP contribution in [-0.2, 0) is 0 Å². The second kappa shape index (κ2) is 5.47. The summed E-state index contributed by atoms with van der Waals surface area (Å²) in [6, 6.07) is 2.34. The number of pyridine rings is 1. The summed E-state index contributed by atoms with van der Waals surface area (Å²) in [5.41, 5.74) is 0.765. The molecule has 0 spiro atoms. The normalized spacial score (nSPS) is 26.5.